The van der Waals surface area contributed by atoms with Crippen LogP contribution >= 0.6 is 0 Å². The molecule has 2 N–H and O–H groups in total. The first-order chi connectivity index (χ1) is 8.80. The van der Waals surface area contributed by atoms with E-state index in [0.29, 0.717) is 12.6 Å². The first-order valence-corrected chi connectivity index (χ1v) is 7.45. The minimum Gasteiger partial charge on any atom is -0.326 e. The molecule has 0 saturated carbocycles. The molecule has 1 aliphatic rings. The smallest absolute Gasteiger partial charge is 0.243 e. The number of nitrogens with zero attached hydrogens (tertiary/aromatic N) is 1. The maximum Gasteiger partial charge on any atom is 0.243 e. The van der Waals surface area contributed by atoms with E-state index in [-0.39, 0.29) is 23.4 Å². The van der Waals surface area contributed by atoms with Crippen molar-refractivity contribution in [2.24, 2.45) is 11.7 Å². The number of hydrogen-bond acceptors (Lipinski definition) is 3. The van der Waals surface area contributed by atoms with E-state index in [2.05, 4.69) is 0 Å². The third kappa shape index (κ3) is 2.93. The number of rotatable bonds is 2. The number of halogens is 2. The molecule has 7 heteroatoms. The zero-order chi connectivity index (χ0) is 14.2. The molecule has 0 aromatic heterocycles. The maximum absolute atomic E-state index is 13.1. The Balaban J connectivity index is 2.33. The molecule has 1 saturated heterocycles. The van der Waals surface area contributed by atoms with E-state index in [1.807, 2.05) is 6.92 Å². The lowest BCUT2D eigenvalue weighted by Crippen LogP contribution is -2.48. The van der Waals surface area contributed by atoms with E-state index in [9.17, 15) is 17.2 Å². The summed E-state index contributed by atoms with van der Waals surface area (Å²) < 4.78 is 51.9. The highest BCUT2D eigenvalue weighted by atomic mass is 32.2. The molecule has 2 atom stereocenters. The maximum atomic E-state index is 13.1. The second-order valence-electron chi connectivity index (χ2n) is 5.00. The van der Waals surface area contributed by atoms with Crippen LogP contribution in [0.15, 0.2) is 23.1 Å². The number of benzene rings is 1. The molecule has 2 rings (SSSR count). The van der Waals surface area contributed by atoms with Gasteiger partial charge in [0.25, 0.3) is 0 Å². The lowest BCUT2D eigenvalue weighted by atomic mass is 9.99. The van der Waals surface area contributed by atoms with Gasteiger partial charge in [0, 0.05) is 19.1 Å². The van der Waals surface area contributed by atoms with Gasteiger partial charge in [-0.05, 0) is 30.5 Å². The summed E-state index contributed by atoms with van der Waals surface area (Å²) in [5, 5.41) is 0. The van der Waals surface area contributed by atoms with Gasteiger partial charge >= 0.3 is 0 Å². The Morgan fingerprint density at radius 1 is 1.26 bits per heavy atom. The normalized spacial score (nSPS) is 25.5. The predicted octanol–water partition coefficient (Wildman–Crippen LogP) is 1.32. The summed E-state index contributed by atoms with van der Waals surface area (Å²) in [6, 6.07) is 2.35. The largest absolute Gasteiger partial charge is 0.326 e. The molecule has 1 heterocycles. The van der Waals surface area contributed by atoms with Gasteiger partial charge in [-0.3, -0.25) is 0 Å². The monoisotopic (exact) mass is 290 g/mol. The van der Waals surface area contributed by atoms with Gasteiger partial charge in [0.05, 0.1) is 4.90 Å². The fraction of sp³-hybridized carbons (Fsp3) is 0.500. The van der Waals surface area contributed by atoms with Crippen molar-refractivity contribution in [3.8, 4) is 0 Å². The lowest BCUT2D eigenvalue weighted by Gasteiger charge is -2.33. The van der Waals surface area contributed by atoms with Gasteiger partial charge in [-0.1, -0.05) is 6.92 Å². The number of sulfonamides is 1. The Morgan fingerprint density at radius 3 is 2.53 bits per heavy atom. The van der Waals surface area contributed by atoms with Crippen LogP contribution in [-0.2, 0) is 10.0 Å². The van der Waals surface area contributed by atoms with Gasteiger partial charge in [0.15, 0.2) is 11.6 Å². The molecule has 0 aliphatic carbocycles. The topological polar surface area (TPSA) is 63.4 Å². The average molecular weight is 290 g/mol. The molecular weight excluding hydrogens is 274 g/mol. The van der Waals surface area contributed by atoms with Crippen LogP contribution in [0.25, 0.3) is 0 Å². The van der Waals surface area contributed by atoms with Crippen molar-refractivity contribution in [3.05, 3.63) is 29.8 Å². The Kier molecular flexibility index (Phi) is 3.89. The van der Waals surface area contributed by atoms with E-state index in [1.54, 1.807) is 0 Å². The minimum absolute atomic E-state index is 0.142. The quantitative estimate of drug-likeness (QED) is 0.893. The summed E-state index contributed by atoms with van der Waals surface area (Å²) in [6.45, 7) is 2.45. The Bertz CT molecular complexity index is 567. The molecular formula is C12H16F2N2O2S. The summed E-state index contributed by atoms with van der Waals surface area (Å²) in [7, 11) is -3.82. The molecule has 4 nitrogen and oxygen atoms in total. The Labute approximate surface area is 111 Å². The van der Waals surface area contributed by atoms with Gasteiger partial charge in [-0.25, -0.2) is 17.2 Å². The third-order valence-electron chi connectivity index (χ3n) is 3.19. The zero-order valence-electron chi connectivity index (χ0n) is 10.5. The fourth-order valence-electron chi connectivity index (χ4n) is 2.33. The molecule has 2 unspecified atom stereocenters. The van der Waals surface area contributed by atoms with Gasteiger partial charge in [0.1, 0.15) is 0 Å². The lowest BCUT2D eigenvalue weighted by molar-refractivity contribution is 0.254. The van der Waals surface area contributed by atoms with Crippen LogP contribution in [0.5, 0.6) is 0 Å². The van der Waals surface area contributed by atoms with Gasteiger partial charge < -0.3 is 5.73 Å². The van der Waals surface area contributed by atoms with E-state index < -0.39 is 21.7 Å². The summed E-state index contributed by atoms with van der Waals surface area (Å²) >= 11 is 0. The molecule has 19 heavy (non-hydrogen) atoms. The van der Waals surface area contributed by atoms with E-state index >= 15 is 0 Å². The summed E-state index contributed by atoms with van der Waals surface area (Å²) in [6.07, 6.45) is 0.754. The second-order valence-corrected chi connectivity index (χ2v) is 6.94. The van der Waals surface area contributed by atoms with Gasteiger partial charge in [0.2, 0.25) is 10.0 Å². The van der Waals surface area contributed by atoms with E-state index in [1.165, 1.54) is 4.31 Å². The first-order valence-electron chi connectivity index (χ1n) is 6.01. The van der Waals surface area contributed by atoms with Crippen molar-refractivity contribution in [1.29, 1.82) is 0 Å². The minimum atomic E-state index is -3.82. The van der Waals surface area contributed by atoms with Crippen molar-refractivity contribution >= 4 is 10.0 Å². The third-order valence-corrected chi connectivity index (χ3v) is 5.02. The van der Waals surface area contributed by atoms with Crippen LogP contribution in [0.1, 0.15) is 13.3 Å². The van der Waals surface area contributed by atoms with Crippen molar-refractivity contribution < 1.29 is 17.2 Å². The highest BCUT2D eigenvalue weighted by Gasteiger charge is 2.32. The Morgan fingerprint density at radius 2 is 1.95 bits per heavy atom. The van der Waals surface area contributed by atoms with E-state index in [0.717, 1.165) is 18.6 Å². The van der Waals surface area contributed by atoms with Crippen LogP contribution in [0.2, 0.25) is 0 Å². The van der Waals surface area contributed by atoms with Crippen molar-refractivity contribution in [2.45, 2.75) is 24.3 Å². The summed E-state index contributed by atoms with van der Waals surface area (Å²) in [5.74, 6) is -2.10. The molecule has 1 aromatic carbocycles. The molecule has 0 spiro atoms. The van der Waals surface area contributed by atoms with Crippen LogP contribution < -0.4 is 5.73 Å². The van der Waals surface area contributed by atoms with Crippen LogP contribution in [0, 0.1) is 17.6 Å². The molecule has 0 bridgehead atoms. The molecule has 1 aliphatic heterocycles. The molecule has 0 amide bonds. The number of piperidine rings is 1. The van der Waals surface area contributed by atoms with E-state index in [4.69, 9.17) is 5.73 Å². The average Bonchev–Trinajstić information content (AvgIpc) is 2.31. The zero-order valence-corrected chi connectivity index (χ0v) is 11.3. The van der Waals surface area contributed by atoms with Crippen molar-refractivity contribution in [3.63, 3.8) is 0 Å². The summed E-state index contributed by atoms with van der Waals surface area (Å²) in [4.78, 5) is -0.243. The molecule has 0 radical (unpaired) electrons. The Hall–Kier alpha value is -1.05. The van der Waals surface area contributed by atoms with Crippen LogP contribution in [0.3, 0.4) is 0 Å². The molecule has 1 fully saturated rings. The first kappa shape index (κ1) is 14.4. The summed E-state index contributed by atoms with van der Waals surface area (Å²) in [5.41, 5.74) is 5.80. The molecule has 1 aromatic rings. The van der Waals surface area contributed by atoms with Gasteiger partial charge in [-0.15, -0.1) is 0 Å². The van der Waals surface area contributed by atoms with Crippen LogP contribution in [-0.4, -0.2) is 31.9 Å². The molecule has 106 valence electrons. The van der Waals surface area contributed by atoms with Crippen molar-refractivity contribution in [1.82, 2.24) is 4.31 Å². The highest BCUT2D eigenvalue weighted by Crippen LogP contribution is 2.24. The standard InChI is InChI=1S/C12H16F2N2O2S/c1-8-4-9(15)7-16(6-8)19(17,18)10-2-3-11(13)12(14)5-10/h2-3,5,8-9H,4,6-7,15H2,1H3. The van der Waals surface area contributed by atoms with Crippen molar-refractivity contribution in [2.75, 3.05) is 13.1 Å². The van der Waals surface area contributed by atoms with Gasteiger partial charge in [-0.2, -0.15) is 4.31 Å². The highest BCUT2D eigenvalue weighted by molar-refractivity contribution is 7.89. The predicted molar refractivity (Wildman–Crippen MR) is 66.9 cm³/mol. The van der Waals surface area contributed by atoms with Crippen LogP contribution in [0.4, 0.5) is 8.78 Å². The fourth-order valence-corrected chi connectivity index (χ4v) is 3.96. The second kappa shape index (κ2) is 5.15. The SMILES string of the molecule is CC1CC(N)CN(S(=O)(=O)c2ccc(F)c(F)c2)C1. The number of nitrogens with two attached hydrogens (primary N) is 1. The number of hydrogen-bond donors (Lipinski definition) is 1.